The molecule has 0 spiro atoms. The van der Waals surface area contributed by atoms with Gasteiger partial charge in [0.25, 0.3) is 5.91 Å². The summed E-state index contributed by atoms with van der Waals surface area (Å²) < 4.78 is 45.9. The minimum Gasteiger partial charge on any atom is -0.465 e. The summed E-state index contributed by atoms with van der Waals surface area (Å²) in [6.45, 7) is 0. The lowest BCUT2D eigenvalue weighted by Crippen LogP contribution is -2.28. The van der Waals surface area contributed by atoms with E-state index >= 15 is 0 Å². The first-order valence-electron chi connectivity index (χ1n) is 9.97. The summed E-state index contributed by atoms with van der Waals surface area (Å²) in [5.41, 5.74) is 0.542. The molecular formula is C24H18F3N3O3S. The van der Waals surface area contributed by atoms with Gasteiger partial charge in [-0.15, -0.1) is 11.3 Å². The third-order valence-electron chi connectivity index (χ3n) is 5.11. The summed E-state index contributed by atoms with van der Waals surface area (Å²) in [6.07, 6.45) is -4.59. The van der Waals surface area contributed by atoms with Crippen LogP contribution >= 0.6 is 11.3 Å². The molecule has 0 aliphatic carbocycles. The minimum absolute atomic E-state index is 0.231. The van der Waals surface area contributed by atoms with Crippen molar-refractivity contribution in [3.05, 3.63) is 88.9 Å². The van der Waals surface area contributed by atoms with E-state index in [2.05, 4.69) is 5.10 Å². The van der Waals surface area contributed by atoms with E-state index in [1.807, 2.05) is 0 Å². The van der Waals surface area contributed by atoms with Crippen LogP contribution in [0.1, 0.15) is 26.4 Å². The molecule has 0 unspecified atom stereocenters. The highest BCUT2D eigenvalue weighted by Gasteiger charge is 2.35. The molecule has 0 radical (unpaired) electrons. The Balaban J connectivity index is 1.67. The number of rotatable bonds is 5. The number of halogens is 3. The molecule has 0 saturated heterocycles. The lowest BCUT2D eigenvalue weighted by molar-refractivity contribution is -0.141. The van der Waals surface area contributed by atoms with Crippen molar-refractivity contribution < 1.29 is 27.5 Å². The summed E-state index contributed by atoms with van der Waals surface area (Å²) in [5.74, 6) is -0.983. The second-order valence-electron chi connectivity index (χ2n) is 7.22. The van der Waals surface area contributed by atoms with Crippen LogP contribution in [0.4, 0.5) is 18.9 Å². The van der Waals surface area contributed by atoms with Gasteiger partial charge in [0, 0.05) is 12.6 Å². The first-order valence-corrected chi connectivity index (χ1v) is 10.9. The number of carbonyl (C=O) groups is 2. The number of amides is 1. The van der Waals surface area contributed by atoms with Gasteiger partial charge < -0.3 is 9.64 Å². The normalized spacial score (nSPS) is 11.3. The summed E-state index contributed by atoms with van der Waals surface area (Å²) in [4.78, 5) is 27.0. The van der Waals surface area contributed by atoms with Crippen molar-refractivity contribution in [2.45, 2.75) is 6.18 Å². The Morgan fingerprint density at radius 3 is 2.35 bits per heavy atom. The maximum absolute atomic E-state index is 13.3. The van der Waals surface area contributed by atoms with E-state index in [1.54, 1.807) is 41.8 Å². The van der Waals surface area contributed by atoms with Crippen molar-refractivity contribution in [3.63, 3.8) is 0 Å². The first kappa shape index (κ1) is 23.2. The zero-order valence-corrected chi connectivity index (χ0v) is 18.9. The number of hydrogen-bond acceptors (Lipinski definition) is 5. The van der Waals surface area contributed by atoms with Crippen molar-refractivity contribution in [3.8, 4) is 16.3 Å². The van der Waals surface area contributed by atoms with Crippen LogP contribution in [0.3, 0.4) is 0 Å². The van der Waals surface area contributed by atoms with E-state index in [-0.39, 0.29) is 11.1 Å². The van der Waals surface area contributed by atoms with Crippen LogP contribution in [0.15, 0.2) is 72.1 Å². The highest BCUT2D eigenvalue weighted by atomic mass is 32.1. The molecule has 0 aliphatic rings. The molecule has 0 N–H and O–H groups in total. The molecule has 6 nitrogen and oxygen atoms in total. The van der Waals surface area contributed by atoms with Crippen LogP contribution in [0.5, 0.6) is 0 Å². The van der Waals surface area contributed by atoms with Gasteiger partial charge >= 0.3 is 12.1 Å². The van der Waals surface area contributed by atoms with Crippen molar-refractivity contribution in [1.82, 2.24) is 9.78 Å². The Labute approximate surface area is 196 Å². The van der Waals surface area contributed by atoms with Crippen LogP contribution in [-0.2, 0) is 10.9 Å². The van der Waals surface area contributed by atoms with E-state index in [9.17, 15) is 22.8 Å². The van der Waals surface area contributed by atoms with E-state index in [0.29, 0.717) is 21.9 Å². The SMILES string of the molecule is COC(=O)c1ccccc1N(C)C(=O)c1ccc(-n2nc(C(F)(F)F)cc2-c2cccs2)cc1. The molecule has 174 valence electrons. The zero-order chi connectivity index (χ0) is 24.5. The Bertz CT molecular complexity index is 1330. The number of esters is 1. The van der Waals surface area contributed by atoms with Gasteiger partial charge in [-0.3, -0.25) is 4.79 Å². The molecule has 2 aromatic carbocycles. The molecule has 0 fully saturated rings. The number of anilines is 1. The van der Waals surface area contributed by atoms with E-state index < -0.39 is 23.7 Å². The summed E-state index contributed by atoms with van der Waals surface area (Å²) in [7, 11) is 2.78. The van der Waals surface area contributed by atoms with Gasteiger partial charge in [-0.05, 0) is 53.9 Å². The third-order valence-corrected chi connectivity index (χ3v) is 6.00. The average Bonchev–Trinajstić information content (AvgIpc) is 3.52. The van der Waals surface area contributed by atoms with Gasteiger partial charge in [-0.25, -0.2) is 9.48 Å². The predicted molar refractivity (Wildman–Crippen MR) is 122 cm³/mol. The molecular weight excluding hydrogens is 467 g/mol. The zero-order valence-electron chi connectivity index (χ0n) is 18.0. The molecule has 2 heterocycles. The standard InChI is InChI=1S/C24H18F3N3O3S/c1-29(18-7-4-3-6-17(18)23(32)33-2)22(31)15-9-11-16(12-10-15)30-19(20-8-5-13-34-20)14-21(28-30)24(25,26)27/h3-14H,1-2H3. The number of ether oxygens (including phenoxy) is 1. The molecule has 0 aliphatic heterocycles. The lowest BCUT2D eigenvalue weighted by Gasteiger charge is -2.20. The first-order chi connectivity index (χ1) is 16.2. The van der Waals surface area contributed by atoms with Crippen LogP contribution in [0, 0.1) is 0 Å². The van der Waals surface area contributed by atoms with Gasteiger partial charge in [-0.1, -0.05) is 18.2 Å². The highest BCUT2D eigenvalue weighted by molar-refractivity contribution is 7.13. The number of aromatic nitrogens is 2. The number of hydrogen-bond donors (Lipinski definition) is 0. The number of nitrogens with zero attached hydrogens (tertiary/aromatic N) is 3. The topological polar surface area (TPSA) is 64.4 Å². The minimum atomic E-state index is -4.59. The smallest absolute Gasteiger partial charge is 0.435 e. The molecule has 4 aromatic rings. The fraction of sp³-hybridized carbons (Fsp3) is 0.125. The van der Waals surface area contributed by atoms with Crippen molar-refractivity contribution >= 4 is 28.9 Å². The van der Waals surface area contributed by atoms with Gasteiger partial charge in [0.15, 0.2) is 5.69 Å². The Hall–Kier alpha value is -3.92. The Kier molecular flexibility index (Phi) is 6.25. The maximum Gasteiger partial charge on any atom is 0.435 e. The van der Waals surface area contributed by atoms with E-state index in [4.69, 9.17) is 4.74 Å². The number of thiophene rings is 1. The average molecular weight is 485 g/mol. The molecule has 10 heteroatoms. The van der Waals surface area contributed by atoms with Crippen molar-refractivity contribution in [2.24, 2.45) is 0 Å². The van der Waals surface area contributed by atoms with Crippen molar-refractivity contribution in [2.75, 3.05) is 19.1 Å². The van der Waals surface area contributed by atoms with Crippen LogP contribution in [-0.4, -0.2) is 35.8 Å². The Morgan fingerprint density at radius 2 is 1.74 bits per heavy atom. The van der Waals surface area contributed by atoms with Gasteiger partial charge in [0.1, 0.15) is 0 Å². The predicted octanol–water partition coefficient (Wildman–Crippen LogP) is 5.68. The second kappa shape index (κ2) is 9.14. The quantitative estimate of drug-likeness (QED) is 0.341. The van der Waals surface area contributed by atoms with Crippen LogP contribution in [0.25, 0.3) is 16.3 Å². The fourth-order valence-electron chi connectivity index (χ4n) is 3.41. The van der Waals surface area contributed by atoms with Crippen molar-refractivity contribution in [1.29, 1.82) is 0 Å². The molecule has 2 aromatic heterocycles. The number of para-hydroxylation sites is 1. The van der Waals surface area contributed by atoms with Gasteiger partial charge in [0.2, 0.25) is 0 Å². The molecule has 1 amide bonds. The largest absolute Gasteiger partial charge is 0.465 e. The number of benzene rings is 2. The highest BCUT2D eigenvalue weighted by Crippen LogP contribution is 2.34. The number of carbonyl (C=O) groups excluding carboxylic acids is 2. The van der Waals surface area contributed by atoms with Crippen LogP contribution in [0.2, 0.25) is 0 Å². The molecule has 0 atom stereocenters. The monoisotopic (exact) mass is 485 g/mol. The third kappa shape index (κ3) is 4.44. The maximum atomic E-state index is 13.3. The fourth-order valence-corrected chi connectivity index (χ4v) is 4.14. The molecule has 4 rings (SSSR count). The molecule has 0 bridgehead atoms. The second-order valence-corrected chi connectivity index (χ2v) is 8.17. The summed E-state index contributed by atoms with van der Waals surface area (Å²) >= 11 is 1.30. The van der Waals surface area contributed by atoms with Gasteiger partial charge in [0.05, 0.1) is 34.6 Å². The van der Waals surface area contributed by atoms with E-state index in [1.165, 1.54) is 59.3 Å². The summed E-state index contributed by atoms with van der Waals surface area (Å²) in [5, 5.41) is 5.52. The van der Waals surface area contributed by atoms with E-state index in [0.717, 1.165) is 6.07 Å². The van der Waals surface area contributed by atoms with Gasteiger partial charge in [-0.2, -0.15) is 18.3 Å². The number of methoxy groups -OCH3 is 1. The molecule has 0 saturated carbocycles. The summed E-state index contributed by atoms with van der Waals surface area (Å²) in [6, 6.07) is 17.0. The van der Waals surface area contributed by atoms with Crippen LogP contribution < -0.4 is 4.90 Å². The lowest BCUT2D eigenvalue weighted by atomic mass is 10.1. The Morgan fingerprint density at radius 1 is 1.03 bits per heavy atom. The number of alkyl halides is 3. The molecule has 34 heavy (non-hydrogen) atoms.